The van der Waals surface area contributed by atoms with Gasteiger partial charge in [0, 0.05) is 36.9 Å². The molecule has 0 amide bonds. The van der Waals surface area contributed by atoms with Crippen LogP contribution in [0.5, 0.6) is 0 Å². The highest BCUT2D eigenvalue weighted by atomic mass is 32.2. The third-order valence-electron chi connectivity index (χ3n) is 3.08. The van der Waals surface area contributed by atoms with Gasteiger partial charge in [0.2, 0.25) is 0 Å². The van der Waals surface area contributed by atoms with Gasteiger partial charge in [-0.1, -0.05) is 6.08 Å². The van der Waals surface area contributed by atoms with Crippen molar-refractivity contribution in [2.24, 2.45) is 0 Å². The molecule has 2 atom stereocenters. The van der Waals surface area contributed by atoms with Crippen LogP contribution in [0, 0.1) is 0 Å². The number of hydrogen-bond donors (Lipinski definition) is 0. The van der Waals surface area contributed by atoms with E-state index in [4.69, 9.17) is 0 Å². The van der Waals surface area contributed by atoms with Gasteiger partial charge < -0.3 is 0 Å². The molecule has 2 aliphatic rings. The lowest BCUT2D eigenvalue weighted by atomic mass is 10.0. The first-order valence-electron chi connectivity index (χ1n) is 5.16. The number of Topliss-reactive ketones (excluding diaryl/α,β-unsaturated/α-hetero) is 1. The normalized spacial score (nSPS) is 35.9. The van der Waals surface area contributed by atoms with Crippen LogP contribution in [0.3, 0.4) is 0 Å². The summed E-state index contributed by atoms with van der Waals surface area (Å²) in [6.45, 7) is 2.67. The molecule has 0 aromatic carbocycles. The van der Waals surface area contributed by atoms with Crippen molar-refractivity contribution < 1.29 is 13.2 Å². The maximum Gasteiger partial charge on any atom is 0.173 e. The predicted octanol–water partition coefficient (Wildman–Crippen LogP) is 0.351. The quantitative estimate of drug-likeness (QED) is 0.651. The monoisotopic (exact) mass is 229 g/mol. The number of likely N-dealkylation sites (tertiary alicyclic amines) is 1. The lowest BCUT2D eigenvalue weighted by molar-refractivity contribution is -0.123. The number of piperidine rings is 1. The molecule has 2 aliphatic heterocycles. The Hall–Kier alpha value is -0.680. The van der Waals surface area contributed by atoms with Crippen molar-refractivity contribution in [3.63, 3.8) is 0 Å². The van der Waals surface area contributed by atoms with Crippen molar-refractivity contribution in [2.75, 3.05) is 12.3 Å². The van der Waals surface area contributed by atoms with Gasteiger partial charge in [0.15, 0.2) is 9.84 Å². The molecular formula is C10H15NO3S. The fourth-order valence-electron chi connectivity index (χ4n) is 2.28. The summed E-state index contributed by atoms with van der Waals surface area (Å²) in [4.78, 5) is 13.3. The second kappa shape index (κ2) is 3.72. The molecule has 5 heteroatoms. The average molecular weight is 229 g/mol. The number of ketones is 1. The molecule has 0 aliphatic carbocycles. The molecule has 0 aromatic rings. The van der Waals surface area contributed by atoms with Crippen molar-refractivity contribution in [1.29, 1.82) is 0 Å². The Morgan fingerprint density at radius 2 is 2.20 bits per heavy atom. The summed E-state index contributed by atoms with van der Waals surface area (Å²) < 4.78 is 22.5. The summed E-state index contributed by atoms with van der Waals surface area (Å²) in [6.07, 6.45) is 2.83. The van der Waals surface area contributed by atoms with E-state index < -0.39 is 9.84 Å². The minimum absolute atomic E-state index is 0.0295. The van der Waals surface area contributed by atoms with Crippen LogP contribution in [0.25, 0.3) is 0 Å². The molecule has 0 saturated carbocycles. The Balaban J connectivity index is 2.07. The molecule has 1 fully saturated rings. The lowest BCUT2D eigenvalue weighted by Gasteiger charge is -2.36. The topological polar surface area (TPSA) is 54.5 Å². The van der Waals surface area contributed by atoms with Crippen LogP contribution < -0.4 is 0 Å². The van der Waals surface area contributed by atoms with Crippen LogP contribution in [0.4, 0.5) is 0 Å². The number of carbonyl (C=O) groups is 1. The van der Waals surface area contributed by atoms with Crippen molar-refractivity contribution in [3.05, 3.63) is 11.5 Å². The number of carbonyl (C=O) groups excluding carboxylic acids is 1. The standard InChI is InChI=1S/C10H15NO3S/c1-8-6-10(12)2-4-11(8)9-3-5-15(13,14)7-9/h3,5,8-9H,2,4,6-7H2,1H3. The third-order valence-corrected chi connectivity index (χ3v) is 4.45. The largest absolute Gasteiger partial charge is 0.300 e. The average Bonchev–Trinajstić information content (AvgIpc) is 2.46. The van der Waals surface area contributed by atoms with Gasteiger partial charge in [0.25, 0.3) is 0 Å². The van der Waals surface area contributed by atoms with E-state index in [0.717, 1.165) is 0 Å². The van der Waals surface area contributed by atoms with Gasteiger partial charge in [-0.2, -0.15) is 0 Å². The van der Waals surface area contributed by atoms with Gasteiger partial charge in [0.05, 0.1) is 5.75 Å². The molecule has 1 saturated heterocycles. The van der Waals surface area contributed by atoms with Crippen molar-refractivity contribution in [2.45, 2.75) is 31.8 Å². The van der Waals surface area contributed by atoms with E-state index in [0.29, 0.717) is 19.4 Å². The molecule has 15 heavy (non-hydrogen) atoms. The Kier molecular flexibility index (Phi) is 2.68. The molecule has 0 N–H and O–H groups in total. The number of rotatable bonds is 1. The van der Waals surface area contributed by atoms with E-state index in [2.05, 4.69) is 4.90 Å². The fraction of sp³-hybridized carbons (Fsp3) is 0.700. The van der Waals surface area contributed by atoms with Gasteiger partial charge in [-0.15, -0.1) is 0 Å². The molecule has 84 valence electrons. The second-order valence-electron chi connectivity index (χ2n) is 4.31. The zero-order chi connectivity index (χ0) is 11.1. The predicted molar refractivity (Wildman–Crippen MR) is 57.1 cm³/mol. The SMILES string of the molecule is CC1CC(=O)CCN1C1C=CS(=O)(=O)C1. The molecule has 0 bridgehead atoms. The summed E-state index contributed by atoms with van der Waals surface area (Å²) in [5, 5.41) is 1.29. The number of hydrogen-bond acceptors (Lipinski definition) is 4. The zero-order valence-corrected chi connectivity index (χ0v) is 9.53. The molecule has 0 radical (unpaired) electrons. The van der Waals surface area contributed by atoms with Crippen LogP contribution in [0.1, 0.15) is 19.8 Å². The molecule has 0 aromatic heterocycles. The van der Waals surface area contributed by atoms with Gasteiger partial charge >= 0.3 is 0 Å². The zero-order valence-electron chi connectivity index (χ0n) is 8.72. The molecular weight excluding hydrogens is 214 g/mol. The summed E-state index contributed by atoms with van der Waals surface area (Å²) >= 11 is 0. The van der Waals surface area contributed by atoms with Gasteiger partial charge in [-0.3, -0.25) is 9.69 Å². The molecule has 2 rings (SSSR count). The van der Waals surface area contributed by atoms with Crippen molar-refractivity contribution >= 4 is 15.6 Å². The van der Waals surface area contributed by atoms with Crippen LogP contribution in [-0.2, 0) is 14.6 Å². The first-order chi connectivity index (χ1) is 6.98. The highest BCUT2D eigenvalue weighted by Crippen LogP contribution is 2.22. The summed E-state index contributed by atoms with van der Waals surface area (Å²) in [5.74, 6) is 0.453. The number of nitrogens with zero attached hydrogens (tertiary/aromatic N) is 1. The van der Waals surface area contributed by atoms with Crippen LogP contribution in [-0.4, -0.2) is 43.5 Å². The van der Waals surface area contributed by atoms with E-state index in [1.54, 1.807) is 6.08 Å². The first kappa shape index (κ1) is 10.8. The maximum atomic E-state index is 11.3. The highest BCUT2D eigenvalue weighted by molar-refractivity contribution is 7.94. The Morgan fingerprint density at radius 3 is 2.73 bits per heavy atom. The summed E-state index contributed by atoms with van der Waals surface area (Å²) in [5.41, 5.74) is 0. The van der Waals surface area contributed by atoms with E-state index in [1.165, 1.54) is 5.41 Å². The molecule has 2 unspecified atom stereocenters. The smallest absolute Gasteiger partial charge is 0.173 e. The molecule has 2 heterocycles. The van der Waals surface area contributed by atoms with Crippen LogP contribution in [0.2, 0.25) is 0 Å². The van der Waals surface area contributed by atoms with E-state index in [9.17, 15) is 13.2 Å². The highest BCUT2D eigenvalue weighted by Gasteiger charge is 2.33. The minimum atomic E-state index is -2.99. The maximum absolute atomic E-state index is 11.3. The van der Waals surface area contributed by atoms with Crippen LogP contribution >= 0.6 is 0 Å². The third kappa shape index (κ3) is 2.29. The molecule has 0 spiro atoms. The van der Waals surface area contributed by atoms with E-state index in [-0.39, 0.29) is 23.6 Å². The first-order valence-corrected chi connectivity index (χ1v) is 6.88. The molecule has 4 nitrogen and oxygen atoms in total. The summed E-state index contributed by atoms with van der Waals surface area (Å²) in [6, 6.07) is 0.132. The number of sulfone groups is 1. The lowest BCUT2D eigenvalue weighted by Crippen LogP contribution is -2.47. The van der Waals surface area contributed by atoms with E-state index in [1.807, 2.05) is 6.92 Å². The van der Waals surface area contributed by atoms with Gasteiger partial charge in [-0.25, -0.2) is 8.42 Å². The minimum Gasteiger partial charge on any atom is -0.300 e. The van der Waals surface area contributed by atoms with Crippen molar-refractivity contribution in [3.8, 4) is 0 Å². The summed E-state index contributed by atoms with van der Waals surface area (Å²) in [7, 11) is -2.99. The van der Waals surface area contributed by atoms with Crippen LogP contribution in [0.15, 0.2) is 11.5 Å². The Bertz CT molecular complexity index is 399. The Labute approximate surface area is 89.9 Å². The fourth-order valence-corrected chi connectivity index (χ4v) is 3.59. The van der Waals surface area contributed by atoms with Gasteiger partial charge in [0.1, 0.15) is 5.78 Å². The second-order valence-corrected chi connectivity index (χ2v) is 6.24. The van der Waals surface area contributed by atoms with Crippen molar-refractivity contribution in [1.82, 2.24) is 4.90 Å². The van der Waals surface area contributed by atoms with E-state index >= 15 is 0 Å². The van der Waals surface area contributed by atoms with Gasteiger partial charge in [-0.05, 0) is 6.92 Å². The Morgan fingerprint density at radius 1 is 1.47 bits per heavy atom.